The van der Waals surface area contributed by atoms with Crippen molar-refractivity contribution >= 4 is 63.9 Å². The number of anilines is 1. The zero-order valence-corrected chi connectivity index (χ0v) is 20.1. The number of nitrogens with zero attached hydrogens (tertiary/aromatic N) is 1. The average molecular weight is 499 g/mol. The number of carbonyl (C=O) groups is 3. The van der Waals surface area contributed by atoms with Gasteiger partial charge in [0.25, 0.3) is 11.1 Å². The fourth-order valence-electron chi connectivity index (χ4n) is 2.97. The summed E-state index contributed by atoms with van der Waals surface area (Å²) in [5.41, 5.74) is 2.54. The molecule has 0 atom stereocenters. The van der Waals surface area contributed by atoms with Crippen molar-refractivity contribution in [2.75, 3.05) is 11.9 Å². The van der Waals surface area contributed by atoms with Gasteiger partial charge in [0.2, 0.25) is 5.91 Å². The molecule has 0 aliphatic carbocycles. The van der Waals surface area contributed by atoms with Crippen molar-refractivity contribution in [1.82, 2.24) is 4.90 Å². The van der Waals surface area contributed by atoms with Crippen LogP contribution in [0, 0.1) is 13.8 Å². The molecule has 0 radical (unpaired) electrons. The molecule has 0 unspecified atom stereocenters. The molecule has 1 fully saturated rings. The number of halogens is 1. The summed E-state index contributed by atoms with van der Waals surface area (Å²) in [5, 5.41) is 3.32. The lowest BCUT2D eigenvalue weighted by Gasteiger charge is -2.12. The number of aryl methyl sites for hydroxylation is 2. The Hall–Kier alpha value is -2.94. The molecule has 9 heteroatoms. The summed E-state index contributed by atoms with van der Waals surface area (Å²) in [4.78, 5) is 39.6. The lowest BCUT2D eigenvalue weighted by atomic mass is 10.2. The second-order valence-corrected chi connectivity index (χ2v) is 9.83. The fourth-order valence-corrected chi connectivity index (χ4v) is 4.75. The molecule has 0 bridgehead atoms. The van der Waals surface area contributed by atoms with E-state index in [9.17, 15) is 14.4 Å². The highest BCUT2D eigenvalue weighted by atomic mass is 35.5. The first kappa shape index (κ1) is 23.2. The van der Waals surface area contributed by atoms with Crippen molar-refractivity contribution < 1.29 is 18.8 Å². The number of thioether (sulfide) groups is 1. The van der Waals surface area contributed by atoms with Crippen LogP contribution in [0.15, 0.2) is 73.9 Å². The summed E-state index contributed by atoms with van der Waals surface area (Å²) in [5.74, 6) is -0.576. The molecular weight excluding hydrogens is 480 g/mol. The summed E-state index contributed by atoms with van der Waals surface area (Å²) in [6, 6.07) is 16.7. The van der Waals surface area contributed by atoms with Crippen LogP contribution in [-0.2, 0) is 9.59 Å². The first-order valence-corrected chi connectivity index (χ1v) is 12.0. The van der Waals surface area contributed by atoms with Gasteiger partial charge < -0.3 is 9.73 Å². The number of rotatable bonds is 6. The van der Waals surface area contributed by atoms with Gasteiger partial charge in [-0.25, -0.2) is 0 Å². The zero-order chi connectivity index (χ0) is 23.5. The monoisotopic (exact) mass is 498 g/mol. The van der Waals surface area contributed by atoms with Crippen molar-refractivity contribution in [3.63, 3.8) is 0 Å². The molecule has 33 heavy (non-hydrogen) atoms. The molecule has 1 aliphatic heterocycles. The van der Waals surface area contributed by atoms with Gasteiger partial charge in [-0.15, -0.1) is 0 Å². The van der Waals surface area contributed by atoms with E-state index in [4.69, 9.17) is 16.0 Å². The van der Waals surface area contributed by atoms with Gasteiger partial charge >= 0.3 is 0 Å². The van der Waals surface area contributed by atoms with Crippen LogP contribution in [0.3, 0.4) is 0 Å². The maximum Gasteiger partial charge on any atom is 0.294 e. The largest absolute Gasteiger partial charge is 0.450 e. The molecule has 1 saturated heterocycles. The second kappa shape index (κ2) is 9.91. The first-order valence-electron chi connectivity index (χ1n) is 9.94. The number of benzene rings is 2. The maximum atomic E-state index is 12.7. The van der Waals surface area contributed by atoms with E-state index in [0.717, 1.165) is 27.1 Å². The highest BCUT2D eigenvalue weighted by molar-refractivity contribution is 8.18. The molecule has 3 aromatic rings. The number of carbonyl (C=O) groups excluding carboxylic acids is 3. The van der Waals surface area contributed by atoms with Crippen LogP contribution >= 0.6 is 35.1 Å². The van der Waals surface area contributed by atoms with Crippen LogP contribution < -0.4 is 5.32 Å². The first-order chi connectivity index (χ1) is 15.8. The van der Waals surface area contributed by atoms with Crippen molar-refractivity contribution in [3.05, 3.63) is 81.4 Å². The third-order valence-corrected chi connectivity index (χ3v) is 6.99. The van der Waals surface area contributed by atoms with Crippen LogP contribution in [0.5, 0.6) is 0 Å². The van der Waals surface area contributed by atoms with E-state index in [-0.39, 0.29) is 11.4 Å². The minimum Gasteiger partial charge on any atom is -0.450 e. The van der Waals surface area contributed by atoms with Gasteiger partial charge in [-0.2, -0.15) is 0 Å². The molecule has 168 valence electrons. The molecule has 0 spiro atoms. The van der Waals surface area contributed by atoms with Crippen LogP contribution in [0.4, 0.5) is 10.5 Å². The van der Waals surface area contributed by atoms with Crippen LogP contribution in [0.2, 0.25) is 5.02 Å². The summed E-state index contributed by atoms with van der Waals surface area (Å²) < 4.78 is 5.78. The number of imide groups is 1. The molecule has 1 aromatic heterocycles. The van der Waals surface area contributed by atoms with E-state index in [1.165, 1.54) is 23.4 Å². The van der Waals surface area contributed by atoms with E-state index >= 15 is 0 Å². The molecule has 1 aliphatic rings. The van der Waals surface area contributed by atoms with Gasteiger partial charge in [0.15, 0.2) is 5.09 Å². The Morgan fingerprint density at radius 2 is 1.88 bits per heavy atom. The molecule has 0 saturated carbocycles. The second-order valence-electron chi connectivity index (χ2n) is 7.35. The molecular formula is C24H19ClN2O4S2. The fraction of sp³-hybridized carbons (Fsp3) is 0.125. The third-order valence-electron chi connectivity index (χ3n) is 4.75. The lowest BCUT2D eigenvalue weighted by molar-refractivity contribution is -0.127. The Labute approximate surface area is 204 Å². The van der Waals surface area contributed by atoms with E-state index < -0.39 is 17.1 Å². The van der Waals surface area contributed by atoms with Gasteiger partial charge in [0.05, 0.1) is 4.91 Å². The molecule has 1 N–H and O–H groups in total. The quantitative estimate of drug-likeness (QED) is 0.397. The van der Waals surface area contributed by atoms with Crippen molar-refractivity contribution in [1.29, 1.82) is 0 Å². The van der Waals surface area contributed by atoms with Gasteiger partial charge in [0.1, 0.15) is 12.3 Å². The number of hydrogen-bond donors (Lipinski definition) is 1. The Balaban J connectivity index is 1.40. The minimum absolute atomic E-state index is 0.201. The summed E-state index contributed by atoms with van der Waals surface area (Å²) in [7, 11) is 0. The summed E-state index contributed by atoms with van der Waals surface area (Å²) in [6.07, 6.45) is 1.52. The van der Waals surface area contributed by atoms with Gasteiger partial charge in [-0.05, 0) is 67.6 Å². The lowest BCUT2D eigenvalue weighted by Crippen LogP contribution is -2.36. The topological polar surface area (TPSA) is 79.6 Å². The predicted molar refractivity (Wildman–Crippen MR) is 132 cm³/mol. The number of amides is 3. The van der Waals surface area contributed by atoms with Crippen LogP contribution in [0.25, 0.3) is 6.08 Å². The van der Waals surface area contributed by atoms with Crippen LogP contribution in [0.1, 0.15) is 16.9 Å². The van der Waals surface area contributed by atoms with E-state index in [0.29, 0.717) is 21.6 Å². The molecule has 2 heterocycles. The average Bonchev–Trinajstić information content (AvgIpc) is 3.32. The minimum atomic E-state index is -0.536. The van der Waals surface area contributed by atoms with E-state index in [1.807, 2.05) is 38.1 Å². The van der Waals surface area contributed by atoms with E-state index in [2.05, 4.69) is 5.32 Å². The Morgan fingerprint density at radius 3 is 2.61 bits per heavy atom. The Morgan fingerprint density at radius 1 is 1.12 bits per heavy atom. The smallest absolute Gasteiger partial charge is 0.294 e. The number of furan rings is 1. The Kier molecular flexibility index (Phi) is 6.97. The third kappa shape index (κ3) is 5.71. The normalized spacial score (nSPS) is 14.9. The molecule has 4 rings (SSSR count). The number of nitrogens with one attached hydrogen (secondary N) is 1. The standard InChI is InChI=1S/C24H19ClN2O4S2/c1-14-3-8-18(9-4-14)32-22-10-7-17(31-22)12-20-23(29)27(24(30)33-20)13-21(28)26-16-6-5-15(2)19(25)11-16/h3-12H,13H2,1-2H3,(H,26,28)/b20-12-. The predicted octanol–water partition coefficient (Wildman–Crippen LogP) is 6.38. The molecule has 2 aromatic carbocycles. The van der Waals surface area contributed by atoms with Crippen molar-refractivity contribution in [3.8, 4) is 0 Å². The summed E-state index contributed by atoms with van der Waals surface area (Å²) in [6.45, 7) is 3.48. The van der Waals surface area contributed by atoms with Crippen molar-refractivity contribution in [2.45, 2.75) is 23.8 Å². The van der Waals surface area contributed by atoms with Crippen molar-refractivity contribution in [2.24, 2.45) is 0 Å². The zero-order valence-electron chi connectivity index (χ0n) is 17.8. The van der Waals surface area contributed by atoms with Gasteiger partial charge in [-0.1, -0.05) is 47.1 Å². The molecule has 6 nitrogen and oxygen atoms in total. The molecule has 3 amide bonds. The van der Waals surface area contributed by atoms with E-state index in [1.54, 1.807) is 30.3 Å². The van der Waals surface area contributed by atoms with Crippen LogP contribution in [-0.4, -0.2) is 28.5 Å². The Bertz CT molecular complexity index is 1270. The van der Waals surface area contributed by atoms with Gasteiger partial charge in [0, 0.05) is 21.7 Å². The highest BCUT2D eigenvalue weighted by Gasteiger charge is 2.36. The van der Waals surface area contributed by atoms with Gasteiger partial charge in [-0.3, -0.25) is 19.3 Å². The number of hydrogen-bond acceptors (Lipinski definition) is 6. The highest BCUT2D eigenvalue weighted by Crippen LogP contribution is 2.34. The summed E-state index contributed by atoms with van der Waals surface area (Å²) >= 11 is 8.31. The maximum absolute atomic E-state index is 12.7. The SMILES string of the molecule is Cc1ccc(Sc2ccc(/C=C3\SC(=O)N(CC(=O)Nc4ccc(C)c(Cl)c4)C3=O)o2)cc1.